The van der Waals surface area contributed by atoms with Crippen LogP contribution in [0.15, 0.2) is 54.6 Å². The number of hydrogen-bond acceptors (Lipinski definition) is 7. The van der Waals surface area contributed by atoms with Gasteiger partial charge in [0.15, 0.2) is 0 Å². The molecule has 0 radical (unpaired) electrons. The van der Waals surface area contributed by atoms with Crippen molar-refractivity contribution in [3.8, 4) is 5.75 Å². The fraction of sp³-hybridized carbons (Fsp3) is 0.375. The number of nitrogens with two attached hydrogens (primary N) is 1. The second kappa shape index (κ2) is 11.4. The number of nitrogens with one attached hydrogen (secondary N) is 1. The van der Waals surface area contributed by atoms with Crippen LogP contribution in [-0.4, -0.2) is 54.7 Å². The van der Waals surface area contributed by atoms with E-state index in [9.17, 15) is 14.7 Å². The van der Waals surface area contributed by atoms with Gasteiger partial charge in [-0.05, 0) is 66.6 Å². The van der Waals surface area contributed by atoms with Crippen LogP contribution in [0, 0.1) is 11.7 Å². The van der Waals surface area contributed by atoms with Gasteiger partial charge in [-0.2, -0.15) is 0 Å². The van der Waals surface area contributed by atoms with Gasteiger partial charge in [-0.15, -0.1) is 0 Å². The standard InChI is InChI=1S/C32H32Cl2FN3O5/c1-42-26-12-17(8-10-19(26)30(40)43-2)25(39)14-24-29(36)27(20-4-3-5-22(34)28(20)35)32(38(24)15-16-6-7-16)21-11-9-18(33)13-23(21)37-31(32)41/h3-5,8-13,16,24-25,27,29,39H,6-7,14-15,36H2,1-2H3,(H,37,41)/t24-,25-,27-,29+,32+/m0/s1. The third-order valence-corrected chi connectivity index (χ3v) is 9.60. The van der Waals surface area contributed by atoms with Crippen LogP contribution in [0.2, 0.25) is 10.0 Å². The van der Waals surface area contributed by atoms with E-state index in [1.807, 2.05) is 0 Å². The summed E-state index contributed by atoms with van der Waals surface area (Å²) in [6.07, 6.45) is 1.07. The molecule has 4 N–H and O–H groups in total. The molecule has 6 rings (SSSR count). The van der Waals surface area contributed by atoms with Crippen molar-refractivity contribution in [1.82, 2.24) is 4.90 Å². The van der Waals surface area contributed by atoms with Crippen molar-refractivity contribution in [3.63, 3.8) is 0 Å². The predicted molar refractivity (Wildman–Crippen MR) is 161 cm³/mol. The molecule has 5 atom stereocenters. The molecule has 11 heteroatoms. The topological polar surface area (TPSA) is 114 Å². The van der Waals surface area contributed by atoms with Gasteiger partial charge in [0, 0.05) is 40.8 Å². The molecular formula is C32H32Cl2FN3O5. The fourth-order valence-corrected chi connectivity index (χ4v) is 7.28. The van der Waals surface area contributed by atoms with E-state index in [4.69, 9.17) is 38.4 Å². The van der Waals surface area contributed by atoms with Gasteiger partial charge < -0.3 is 25.6 Å². The number of esters is 1. The minimum Gasteiger partial charge on any atom is -0.496 e. The molecule has 8 nitrogen and oxygen atoms in total. The molecule has 2 aliphatic heterocycles. The Kier molecular flexibility index (Phi) is 7.89. The molecule has 2 fully saturated rings. The van der Waals surface area contributed by atoms with Crippen molar-refractivity contribution in [3.05, 3.63) is 92.7 Å². The Hall–Kier alpha value is -3.21. The molecule has 0 unspecified atom stereocenters. The predicted octanol–water partition coefficient (Wildman–Crippen LogP) is 5.40. The number of hydrogen-bond donors (Lipinski definition) is 3. The van der Waals surface area contributed by atoms with Gasteiger partial charge in [0.25, 0.3) is 0 Å². The first-order valence-corrected chi connectivity index (χ1v) is 14.9. The van der Waals surface area contributed by atoms with Crippen LogP contribution in [0.4, 0.5) is 10.1 Å². The Balaban J connectivity index is 1.48. The van der Waals surface area contributed by atoms with Gasteiger partial charge in [0.2, 0.25) is 5.91 Å². The van der Waals surface area contributed by atoms with E-state index >= 15 is 4.39 Å². The highest BCUT2D eigenvalue weighted by atomic mass is 35.5. The van der Waals surface area contributed by atoms with Crippen LogP contribution in [0.3, 0.4) is 0 Å². The summed E-state index contributed by atoms with van der Waals surface area (Å²) >= 11 is 12.6. The Morgan fingerprint density at radius 2 is 1.95 bits per heavy atom. The number of benzene rings is 3. The molecule has 1 saturated carbocycles. The number of anilines is 1. The summed E-state index contributed by atoms with van der Waals surface area (Å²) in [7, 11) is 2.71. The van der Waals surface area contributed by atoms with Gasteiger partial charge in [0.1, 0.15) is 22.7 Å². The van der Waals surface area contributed by atoms with E-state index in [-0.39, 0.29) is 34.2 Å². The first-order chi connectivity index (χ1) is 20.6. The second-order valence-corrected chi connectivity index (χ2v) is 12.3. The molecule has 3 aliphatic rings. The molecule has 1 saturated heterocycles. The molecule has 43 heavy (non-hydrogen) atoms. The Labute approximate surface area is 258 Å². The number of amides is 1. The molecule has 2 heterocycles. The summed E-state index contributed by atoms with van der Waals surface area (Å²) in [5, 5.41) is 15.0. The van der Waals surface area contributed by atoms with Crippen molar-refractivity contribution >= 4 is 40.8 Å². The zero-order valence-electron chi connectivity index (χ0n) is 23.6. The number of aliphatic hydroxyl groups excluding tert-OH is 1. The molecule has 3 aromatic carbocycles. The molecule has 0 bridgehead atoms. The third-order valence-electron chi connectivity index (χ3n) is 9.07. The highest BCUT2D eigenvalue weighted by molar-refractivity contribution is 6.31. The van der Waals surface area contributed by atoms with E-state index in [1.165, 1.54) is 26.4 Å². The van der Waals surface area contributed by atoms with Crippen molar-refractivity contribution in [2.45, 2.75) is 48.9 Å². The smallest absolute Gasteiger partial charge is 0.341 e. The lowest BCUT2D eigenvalue weighted by molar-refractivity contribution is -0.128. The first kappa shape index (κ1) is 29.8. The lowest BCUT2D eigenvalue weighted by atomic mass is 9.73. The number of halogens is 3. The summed E-state index contributed by atoms with van der Waals surface area (Å²) in [5.74, 6) is -1.77. The van der Waals surface area contributed by atoms with Crippen molar-refractivity contribution in [2.24, 2.45) is 11.7 Å². The summed E-state index contributed by atoms with van der Waals surface area (Å²) in [4.78, 5) is 28.5. The van der Waals surface area contributed by atoms with E-state index in [0.29, 0.717) is 34.3 Å². The van der Waals surface area contributed by atoms with Gasteiger partial charge in [0.05, 0.1) is 25.3 Å². The molecule has 1 spiro atoms. The minimum atomic E-state index is -1.37. The number of rotatable bonds is 8. The Bertz CT molecular complexity index is 1600. The van der Waals surface area contributed by atoms with Crippen LogP contribution in [0.25, 0.3) is 0 Å². The third kappa shape index (κ3) is 4.87. The number of methoxy groups -OCH3 is 2. The zero-order valence-corrected chi connectivity index (χ0v) is 25.2. The van der Waals surface area contributed by atoms with Crippen molar-refractivity contribution in [1.29, 1.82) is 0 Å². The number of nitrogens with zero attached hydrogens (tertiary/aromatic N) is 1. The van der Waals surface area contributed by atoms with E-state index in [0.717, 1.165) is 12.8 Å². The maximum absolute atomic E-state index is 15.8. The second-order valence-electron chi connectivity index (χ2n) is 11.5. The summed E-state index contributed by atoms with van der Waals surface area (Å²) in [6.45, 7) is 0.532. The molecule has 0 aromatic heterocycles. The van der Waals surface area contributed by atoms with Crippen molar-refractivity contribution < 1.29 is 28.6 Å². The molecule has 3 aromatic rings. The molecule has 1 amide bonds. The number of carbonyl (C=O) groups is 2. The monoisotopic (exact) mass is 627 g/mol. The maximum Gasteiger partial charge on any atom is 0.341 e. The zero-order chi connectivity index (χ0) is 30.6. The van der Waals surface area contributed by atoms with Crippen LogP contribution in [0.5, 0.6) is 5.75 Å². The molecule has 226 valence electrons. The van der Waals surface area contributed by atoms with Crippen LogP contribution in [-0.2, 0) is 15.1 Å². The lowest BCUT2D eigenvalue weighted by Crippen LogP contribution is -2.53. The summed E-state index contributed by atoms with van der Waals surface area (Å²) in [6, 6.07) is 13.4. The Morgan fingerprint density at radius 3 is 2.65 bits per heavy atom. The van der Waals surface area contributed by atoms with Crippen LogP contribution in [0.1, 0.15) is 58.3 Å². The normalized spacial score (nSPS) is 25.5. The van der Waals surface area contributed by atoms with E-state index < -0.39 is 41.4 Å². The number of likely N-dealkylation sites (tertiary alicyclic amines) is 1. The average Bonchev–Trinajstić information content (AvgIpc) is 3.73. The maximum atomic E-state index is 15.8. The van der Waals surface area contributed by atoms with Gasteiger partial charge in [-0.1, -0.05) is 47.5 Å². The number of aliphatic hydroxyl groups is 1. The quantitative estimate of drug-likeness (QED) is 0.286. The SMILES string of the molecule is COC(=O)c1ccc([C@@H](O)C[C@H]2[C@@H](N)[C@H](c3cccc(Cl)c3F)[C@]3(C(=O)Nc4cc(Cl)ccc43)N2CC2CC2)cc1OC. The highest BCUT2D eigenvalue weighted by Gasteiger charge is 2.67. The molecular weight excluding hydrogens is 596 g/mol. The van der Waals surface area contributed by atoms with E-state index in [2.05, 4.69) is 10.2 Å². The van der Waals surface area contributed by atoms with Gasteiger partial charge in [-0.3, -0.25) is 9.69 Å². The summed E-state index contributed by atoms with van der Waals surface area (Å²) in [5.41, 5.74) is 7.86. The average molecular weight is 629 g/mol. The van der Waals surface area contributed by atoms with Gasteiger partial charge >= 0.3 is 5.97 Å². The summed E-state index contributed by atoms with van der Waals surface area (Å²) < 4.78 is 26.1. The van der Waals surface area contributed by atoms with Crippen LogP contribution < -0.4 is 15.8 Å². The fourth-order valence-electron chi connectivity index (χ4n) is 6.93. The Morgan fingerprint density at radius 1 is 1.19 bits per heavy atom. The van der Waals surface area contributed by atoms with Gasteiger partial charge in [-0.25, -0.2) is 9.18 Å². The number of fused-ring (bicyclic) bond motifs is 2. The largest absolute Gasteiger partial charge is 0.496 e. The number of ether oxygens (including phenoxy) is 2. The van der Waals surface area contributed by atoms with E-state index in [1.54, 1.807) is 42.5 Å². The minimum absolute atomic E-state index is 0.0652. The highest BCUT2D eigenvalue weighted by Crippen LogP contribution is 2.59. The lowest BCUT2D eigenvalue weighted by Gasteiger charge is -2.40. The molecule has 1 aliphatic carbocycles. The first-order valence-electron chi connectivity index (χ1n) is 14.1. The van der Waals surface area contributed by atoms with Crippen molar-refractivity contribution in [2.75, 3.05) is 26.1 Å². The number of carbonyl (C=O) groups excluding carboxylic acids is 2. The van der Waals surface area contributed by atoms with Crippen LogP contribution >= 0.6 is 23.2 Å².